The number of benzene rings is 1. The molecule has 1 aromatic carbocycles. The zero-order chi connectivity index (χ0) is 10.8. The standard InChI is InChI=1S/C12H15N3/c1-9(2)10-4-6-11(7-5-10)12-8-13-15(3)14-12/h4-9H,1-3H3. The lowest BCUT2D eigenvalue weighted by molar-refractivity contribution is 0.655. The van der Waals surface area contributed by atoms with E-state index in [1.807, 2.05) is 7.05 Å². The third-order valence-electron chi connectivity index (χ3n) is 2.47. The number of nitrogens with zero attached hydrogens (tertiary/aromatic N) is 3. The summed E-state index contributed by atoms with van der Waals surface area (Å²) in [6.45, 7) is 4.38. The van der Waals surface area contributed by atoms with E-state index in [2.05, 4.69) is 48.3 Å². The average Bonchev–Trinajstić information content (AvgIpc) is 2.65. The van der Waals surface area contributed by atoms with Crippen LogP contribution in [0, 0.1) is 0 Å². The Morgan fingerprint density at radius 3 is 2.27 bits per heavy atom. The lowest BCUT2D eigenvalue weighted by atomic mass is 10.0. The first-order chi connectivity index (χ1) is 7.16. The van der Waals surface area contributed by atoms with Gasteiger partial charge in [0, 0.05) is 12.6 Å². The van der Waals surface area contributed by atoms with Gasteiger partial charge in [0.2, 0.25) is 0 Å². The van der Waals surface area contributed by atoms with E-state index in [-0.39, 0.29) is 0 Å². The van der Waals surface area contributed by atoms with Crippen LogP contribution in [0.15, 0.2) is 30.5 Å². The molecule has 0 aliphatic carbocycles. The number of hydrogen-bond donors (Lipinski definition) is 0. The maximum Gasteiger partial charge on any atom is 0.113 e. The van der Waals surface area contributed by atoms with Crippen molar-refractivity contribution in [3.05, 3.63) is 36.0 Å². The van der Waals surface area contributed by atoms with Crippen molar-refractivity contribution in [2.24, 2.45) is 7.05 Å². The van der Waals surface area contributed by atoms with Crippen molar-refractivity contribution < 1.29 is 0 Å². The molecule has 2 rings (SSSR count). The molecule has 3 nitrogen and oxygen atoms in total. The predicted molar refractivity (Wildman–Crippen MR) is 60.5 cm³/mol. The molecule has 0 unspecified atom stereocenters. The molecular weight excluding hydrogens is 186 g/mol. The molecule has 0 N–H and O–H groups in total. The van der Waals surface area contributed by atoms with Gasteiger partial charge in [-0.25, -0.2) is 0 Å². The molecular formula is C12H15N3. The van der Waals surface area contributed by atoms with E-state index in [4.69, 9.17) is 0 Å². The minimum atomic E-state index is 0.570. The molecule has 0 spiro atoms. The monoisotopic (exact) mass is 201 g/mol. The van der Waals surface area contributed by atoms with Crippen LogP contribution in [0.2, 0.25) is 0 Å². The highest BCUT2D eigenvalue weighted by Crippen LogP contribution is 2.20. The molecule has 2 aromatic rings. The van der Waals surface area contributed by atoms with Crippen LogP contribution in [0.3, 0.4) is 0 Å². The van der Waals surface area contributed by atoms with E-state index in [0.29, 0.717) is 5.92 Å². The quantitative estimate of drug-likeness (QED) is 0.747. The van der Waals surface area contributed by atoms with Gasteiger partial charge in [-0.05, 0) is 11.5 Å². The second kappa shape index (κ2) is 3.85. The smallest absolute Gasteiger partial charge is 0.113 e. The molecule has 3 heteroatoms. The van der Waals surface area contributed by atoms with Crippen LogP contribution in [0.5, 0.6) is 0 Å². The largest absolute Gasteiger partial charge is 0.187 e. The molecule has 0 radical (unpaired) electrons. The highest BCUT2D eigenvalue weighted by atomic mass is 15.4. The van der Waals surface area contributed by atoms with Gasteiger partial charge in [0.1, 0.15) is 5.69 Å². The van der Waals surface area contributed by atoms with Gasteiger partial charge in [-0.2, -0.15) is 15.0 Å². The summed E-state index contributed by atoms with van der Waals surface area (Å²) in [6.07, 6.45) is 1.78. The molecule has 78 valence electrons. The van der Waals surface area contributed by atoms with Crippen LogP contribution in [-0.4, -0.2) is 15.0 Å². The van der Waals surface area contributed by atoms with Gasteiger partial charge in [0.15, 0.2) is 0 Å². The Kier molecular flexibility index (Phi) is 2.54. The van der Waals surface area contributed by atoms with Crippen molar-refractivity contribution in [2.45, 2.75) is 19.8 Å². The normalized spacial score (nSPS) is 10.9. The van der Waals surface area contributed by atoms with E-state index in [1.54, 1.807) is 11.0 Å². The average molecular weight is 201 g/mol. The minimum absolute atomic E-state index is 0.570. The minimum Gasteiger partial charge on any atom is -0.187 e. The van der Waals surface area contributed by atoms with Crippen molar-refractivity contribution in [1.29, 1.82) is 0 Å². The first-order valence-corrected chi connectivity index (χ1v) is 5.13. The molecule has 15 heavy (non-hydrogen) atoms. The summed E-state index contributed by atoms with van der Waals surface area (Å²) in [7, 11) is 1.83. The van der Waals surface area contributed by atoms with Crippen molar-refractivity contribution in [3.63, 3.8) is 0 Å². The van der Waals surface area contributed by atoms with Crippen molar-refractivity contribution in [2.75, 3.05) is 0 Å². The van der Waals surface area contributed by atoms with Gasteiger partial charge in [0.25, 0.3) is 0 Å². The molecule has 1 aromatic heterocycles. The fourth-order valence-corrected chi connectivity index (χ4v) is 1.52. The number of aryl methyl sites for hydroxylation is 1. The molecule has 0 saturated heterocycles. The molecule has 0 fully saturated rings. The molecule has 0 amide bonds. The molecule has 0 aliphatic rings. The van der Waals surface area contributed by atoms with Crippen molar-refractivity contribution in [1.82, 2.24) is 15.0 Å². The summed E-state index contributed by atoms with van der Waals surface area (Å²) in [5.74, 6) is 0.570. The van der Waals surface area contributed by atoms with Gasteiger partial charge >= 0.3 is 0 Å². The maximum absolute atomic E-state index is 4.26. The van der Waals surface area contributed by atoms with Crippen LogP contribution in [-0.2, 0) is 7.05 Å². The van der Waals surface area contributed by atoms with Crippen molar-refractivity contribution >= 4 is 0 Å². The summed E-state index contributed by atoms with van der Waals surface area (Å²) in [4.78, 5) is 1.58. The molecule has 0 saturated carbocycles. The molecule has 0 bridgehead atoms. The number of aromatic nitrogens is 3. The second-order valence-electron chi connectivity index (χ2n) is 4.00. The molecule has 0 aliphatic heterocycles. The van der Waals surface area contributed by atoms with Crippen LogP contribution in [0.1, 0.15) is 25.3 Å². The third kappa shape index (κ3) is 2.06. The Labute approximate surface area is 89.7 Å². The van der Waals surface area contributed by atoms with Crippen LogP contribution in [0.25, 0.3) is 11.3 Å². The van der Waals surface area contributed by atoms with Crippen LogP contribution in [0.4, 0.5) is 0 Å². The van der Waals surface area contributed by atoms with E-state index in [0.717, 1.165) is 11.3 Å². The van der Waals surface area contributed by atoms with E-state index >= 15 is 0 Å². The fraction of sp³-hybridized carbons (Fsp3) is 0.333. The van der Waals surface area contributed by atoms with E-state index in [1.165, 1.54) is 5.56 Å². The Morgan fingerprint density at radius 1 is 1.13 bits per heavy atom. The topological polar surface area (TPSA) is 30.7 Å². The van der Waals surface area contributed by atoms with E-state index in [9.17, 15) is 0 Å². The van der Waals surface area contributed by atoms with E-state index < -0.39 is 0 Å². The molecule has 1 heterocycles. The SMILES string of the molecule is CC(C)c1ccc(-c2cnn(C)n2)cc1. The zero-order valence-corrected chi connectivity index (χ0v) is 9.31. The maximum atomic E-state index is 4.26. The van der Waals surface area contributed by atoms with Gasteiger partial charge in [-0.15, -0.1) is 0 Å². The van der Waals surface area contributed by atoms with Crippen molar-refractivity contribution in [3.8, 4) is 11.3 Å². The summed E-state index contributed by atoms with van der Waals surface area (Å²) >= 11 is 0. The van der Waals surface area contributed by atoms with Crippen LogP contribution < -0.4 is 0 Å². The molecule has 0 atom stereocenters. The fourth-order valence-electron chi connectivity index (χ4n) is 1.52. The lowest BCUT2D eigenvalue weighted by Crippen LogP contribution is -1.92. The van der Waals surface area contributed by atoms with Gasteiger partial charge in [0.05, 0.1) is 6.20 Å². The Hall–Kier alpha value is -1.64. The highest BCUT2D eigenvalue weighted by Gasteiger charge is 2.03. The summed E-state index contributed by atoms with van der Waals surface area (Å²) in [5.41, 5.74) is 3.39. The lowest BCUT2D eigenvalue weighted by Gasteiger charge is -2.04. The predicted octanol–water partition coefficient (Wildman–Crippen LogP) is 2.61. The second-order valence-corrected chi connectivity index (χ2v) is 4.00. The Bertz CT molecular complexity index is 440. The van der Waals surface area contributed by atoms with Gasteiger partial charge in [-0.3, -0.25) is 0 Å². The van der Waals surface area contributed by atoms with Gasteiger partial charge in [-0.1, -0.05) is 38.1 Å². The first kappa shape index (κ1) is 9.90. The highest BCUT2D eigenvalue weighted by molar-refractivity contribution is 5.57. The number of hydrogen-bond acceptors (Lipinski definition) is 2. The van der Waals surface area contributed by atoms with Crippen LogP contribution >= 0.6 is 0 Å². The summed E-state index contributed by atoms with van der Waals surface area (Å²) in [5, 5.41) is 8.32. The Morgan fingerprint density at radius 2 is 1.80 bits per heavy atom. The number of rotatable bonds is 2. The Balaban J connectivity index is 2.31. The summed E-state index contributed by atoms with van der Waals surface area (Å²) < 4.78 is 0. The first-order valence-electron chi connectivity index (χ1n) is 5.13. The van der Waals surface area contributed by atoms with Gasteiger partial charge < -0.3 is 0 Å². The summed E-state index contributed by atoms with van der Waals surface area (Å²) in [6, 6.07) is 8.49. The zero-order valence-electron chi connectivity index (χ0n) is 9.31. The third-order valence-corrected chi connectivity index (χ3v) is 2.47.